The minimum atomic E-state index is -4.64. The highest BCUT2D eigenvalue weighted by Crippen LogP contribution is 2.32. The molecule has 36 heavy (non-hydrogen) atoms. The second-order valence-corrected chi connectivity index (χ2v) is 8.62. The molecule has 3 rings (SSSR count). The van der Waals surface area contributed by atoms with Crippen LogP contribution in [0, 0.1) is 5.82 Å². The summed E-state index contributed by atoms with van der Waals surface area (Å²) in [6.07, 6.45) is -3.27. The second kappa shape index (κ2) is 12.0. The number of hydrogen-bond acceptors (Lipinski definition) is 5. The number of nitrogen functional groups attached to an aromatic ring is 1. The third-order valence-electron chi connectivity index (χ3n) is 5.60. The van der Waals surface area contributed by atoms with Crippen LogP contribution in [0.15, 0.2) is 60.8 Å². The number of benzene rings is 2. The number of amides is 1. The first kappa shape index (κ1) is 27.1. The SMILES string of the molecule is CC(Cc1cccc(CC(=O)NCc2cc(F)ccc2C(F)(F)F)c1)NC[C@H](O)c1ccc(N)nc1. The zero-order valence-electron chi connectivity index (χ0n) is 19.6. The van der Waals surface area contributed by atoms with Crippen LogP contribution in [0.2, 0.25) is 0 Å². The molecule has 0 saturated carbocycles. The van der Waals surface area contributed by atoms with Gasteiger partial charge in [-0.1, -0.05) is 30.3 Å². The number of carbonyl (C=O) groups excluding carboxylic acids is 1. The van der Waals surface area contributed by atoms with Crippen LogP contribution in [0.4, 0.5) is 23.4 Å². The fourth-order valence-corrected chi connectivity index (χ4v) is 3.76. The van der Waals surface area contributed by atoms with Crippen molar-refractivity contribution in [3.05, 3.63) is 94.4 Å². The Hall–Kier alpha value is -3.50. The van der Waals surface area contributed by atoms with Gasteiger partial charge >= 0.3 is 6.18 Å². The van der Waals surface area contributed by atoms with E-state index in [4.69, 9.17) is 5.73 Å². The lowest BCUT2D eigenvalue weighted by Gasteiger charge is -2.18. The van der Waals surface area contributed by atoms with Gasteiger partial charge in [-0.3, -0.25) is 4.79 Å². The van der Waals surface area contributed by atoms with Crippen LogP contribution >= 0.6 is 0 Å². The third-order valence-corrected chi connectivity index (χ3v) is 5.60. The number of alkyl halides is 3. The van der Waals surface area contributed by atoms with Gasteiger partial charge in [0.1, 0.15) is 11.6 Å². The molecule has 0 spiro atoms. The van der Waals surface area contributed by atoms with Crippen molar-refractivity contribution in [1.29, 1.82) is 0 Å². The molecule has 192 valence electrons. The van der Waals surface area contributed by atoms with Gasteiger partial charge in [0.15, 0.2) is 0 Å². The van der Waals surface area contributed by atoms with E-state index in [0.717, 1.165) is 17.7 Å². The standard InChI is InChI=1S/C26H28F4N4O2/c1-16(32-15-23(35)19-5-8-24(31)33-13-19)9-17-3-2-4-18(10-17)11-25(36)34-14-20-12-21(27)6-7-22(20)26(28,29)30/h2-8,10,12-13,16,23,32,35H,9,11,14-15H2,1H3,(H2,31,33)(H,34,36)/t16?,23-/m0/s1. The average molecular weight is 505 g/mol. The maximum absolute atomic E-state index is 13.4. The molecule has 3 aromatic rings. The molecule has 0 radical (unpaired) electrons. The summed E-state index contributed by atoms with van der Waals surface area (Å²) in [6.45, 7) is 1.84. The quantitative estimate of drug-likeness (QED) is 0.314. The zero-order chi connectivity index (χ0) is 26.3. The number of pyridine rings is 1. The Morgan fingerprint density at radius 3 is 2.56 bits per heavy atom. The Morgan fingerprint density at radius 1 is 1.11 bits per heavy atom. The summed E-state index contributed by atoms with van der Waals surface area (Å²) in [5.74, 6) is -0.905. The van der Waals surface area contributed by atoms with Crippen LogP contribution < -0.4 is 16.4 Å². The van der Waals surface area contributed by atoms with Crippen LogP contribution in [-0.2, 0) is 30.4 Å². The van der Waals surface area contributed by atoms with E-state index < -0.39 is 36.1 Å². The predicted octanol–water partition coefficient (Wildman–Crippen LogP) is 3.93. The molecule has 0 aliphatic rings. The molecule has 0 aliphatic carbocycles. The normalized spacial score (nSPS) is 13.3. The number of nitrogens with one attached hydrogen (secondary N) is 2. The van der Waals surface area contributed by atoms with Gasteiger partial charge in [0.2, 0.25) is 5.91 Å². The van der Waals surface area contributed by atoms with Crippen molar-refractivity contribution in [1.82, 2.24) is 15.6 Å². The molecule has 0 bridgehead atoms. The van der Waals surface area contributed by atoms with Crippen molar-refractivity contribution in [2.45, 2.75) is 44.6 Å². The average Bonchev–Trinajstić information content (AvgIpc) is 2.81. The Bertz CT molecular complexity index is 1170. The first-order chi connectivity index (χ1) is 17.0. The Morgan fingerprint density at radius 2 is 1.86 bits per heavy atom. The summed E-state index contributed by atoms with van der Waals surface area (Å²) in [5, 5.41) is 16.0. The molecule has 1 aromatic heterocycles. The lowest BCUT2D eigenvalue weighted by Crippen LogP contribution is -2.32. The van der Waals surface area contributed by atoms with E-state index in [1.54, 1.807) is 24.3 Å². The Balaban J connectivity index is 1.51. The van der Waals surface area contributed by atoms with E-state index in [0.29, 0.717) is 36.0 Å². The highest BCUT2D eigenvalue weighted by molar-refractivity contribution is 5.78. The Labute approximate surface area is 206 Å². The van der Waals surface area contributed by atoms with Gasteiger partial charge in [-0.05, 0) is 54.3 Å². The molecule has 10 heteroatoms. The van der Waals surface area contributed by atoms with Gasteiger partial charge < -0.3 is 21.5 Å². The van der Waals surface area contributed by atoms with Gasteiger partial charge in [0.25, 0.3) is 0 Å². The number of anilines is 1. The van der Waals surface area contributed by atoms with Crippen molar-refractivity contribution in [2.24, 2.45) is 0 Å². The molecule has 5 N–H and O–H groups in total. The number of nitrogens with zero attached hydrogens (tertiary/aromatic N) is 1. The van der Waals surface area contributed by atoms with E-state index >= 15 is 0 Å². The van der Waals surface area contributed by atoms with Crippen LogP contribution in [0.25, 0.3) is 0 Å². The van der Waals surface area contributed by atoms with E-state index in [9.17, 15) is 27.5 Å². The molecule has 6 nitrogen and oxygen atoms in total. The van der Waals surface area contributed by atoms with Gasteiger partial charge in [0.05, 0.1) is 18.1 Å². The van der Waals surface area contributed by atoms with Crippen molar-refractivity contribution in [3.8, 4) is 0 Å². The van der Waals surface area contributed by atoms with Crippen LogP contribution in [0.5, 0.6) is 0 Å². The first-order valence-corrected chi connectivity index (χ1v) is 11.3. The summed E-state index contributed by atoms with van der Waals surface area (Å²) in [7, 11) is 0. The lowest BCUT2D eigenvalue weighted by atomic mass is 10.0. The highest BCUT2D eigenvalue weighted by Gasteiger charge is 2.33. The molecule has 2 atom stereocenters. The van der Waals surface area contributed by atoms with Crippen LogP contribution in [-0.4, -0.2) is 28.6 Å². The molecule has 0 fully saturated rings. The number of hydrogen-bond donors (Lipinski definition) is 4. The molecule has 1 heterocycles. The minimum Gasteiger partial charge on any atom is -0.387 e. The minimum absolute atomic E-state index is 0.0132. The largest absolute Gasteiger partial charge is 0.416 e. The highest BCUT2D eigenvalue weighted by atomic mass is 19.4. The molecule has 0 saturated heterocycles. The maximum Gasteiger partial charge on any atom is 0.416 e. The molecule has 1 unspecified atom stereocenters. The van der Waals surface area contributed by atoms with Crippen LogP contribution in [0.3, 0.4) is 0 Å². The topological polar surface area (TPSA) is 100 Å². The van der Waals surface area contributed by atoms with Crippen molar-refractivity contribution in [2.75, 3.05) is 12.3 Å². The summed E-state index contributed by atoms with van der Waals surface area (Å²) >= 11 is 0. The Kier molecular flexibility index (Phi) is 9.00. The first-order valence-electron chi connectivity index (χ1n) is 11.3. The van der Waals surface area contributed by atoms with E-state index in [1.807, 2.05) is 19.1 Å². The molecule has 0 aliphatic heterocycles. The van der Waals surface area contributed by atoms with Crippen LogP contribution in [0.1, 0.15) is 40.8 Å². The smallest absolute Gasteiger partial charge is 0.387 e. The predicted molar refractivity (Wildman–Crippen MR) is 128 cm³/mol. The number of aliphatic hydroxyl groups is 1. The number of aliphatic hydroxyl groups excluding tert-OH is 1. The number of aromatic nitrogens is 1. The van der Waals surface area contributed by atoms with E-state index in [1.165, 1.54) is 6.20 Å². The monoisotopic (exact) mass is 504 g/mol. The lowest BCUT2D eigenvalue weighted by molar-refractivity contribution is -0.138. The molecule has 1 amide bonds. The molecule has 2 aromatic carbocycles. The second-order valence-electron chi connectivity index (χ2n) is 8.62. The van der Waals surface area contributed by atoms with Crippen molar-refractivity contribution < 1.29 is 27.5 Å². The van der Waals surface area contributed by atoms with Crippen molar-refractivity contribution in [3.63, 3.8) is 0 Å². The number of halogens is 4. The number of nitrogens with two attached hydrogens (primary N) is 1. The fraction of sp³-hybridized carbons (Fsp3) is 0.308. The summed E-state index contributed by atoms with van der Waals surface area (Å²) in [4.78, 5) is 16.3. The van der Waals surface area contributed by atoms with Crippen molar-refractivity contribution >= 4 is 11.7 Å². The van der Waals surface area contributed by atoms with Gasteiger partial charge in [0, 0.05) is 30.9 Å². The summed E-state index contributed by atoms with van der Waals surface area (Å²) in [6, 6.07) is 12.8. The number of carbonyl (C=O) groups is 1. The maximum atomic E-state index is 13.4. The van der Waals surface area contributed by atoms with Gasteiger partial charge in [-0.2, -0.15) is 13.2 Å². The summed E-state index contributed by atoms with van der Waals surface area (Å²) < 4.78 is 52.9. The van der Waals surface area contributed by atoms with E-state index in [2.05, 4.69) is 15.6 Å². The fourth-order valence-electron chi connectivity index (χ4n) is 3.76. The molecular formula is C26H28F4N4O2. The third kappa shape index (κ3) is 8.03. The van der Waals surface area contributed by atoms with E-state index in [-0.39, 0.29) is 18.0 Å². The summed E-state index contributed by atoms with van der Waals surface area (Å²) in [5.41, 5.74) is 6.54. The van der Waals surface area contributed by atoms with Gasteiger partial charge in [-0.15, -0.1) is 0 Å². The zero-order valence-corrected chi connectivity index (χ0v) is 19.6. The molecular weight excluding hydrogens is 476 g/mol. The number of rotatable bonds is 10. The van der Waals surface area contributed by atoms with Gasteiger partial charge in [-0.25, -0.2) is 9.37 Å².